The van der Waals surface area contributed by atoms with Crippen LogP contribution in [-0.2, 0) is 24.2 Å². The van der Waals surface area contributed by atoms with Gasteiger partial charge in [-0.25, -0.2) is 4.79 Å². The van der Waals surface area contributed by atoms with Crippen LogP contribution in [0.4, 0.5) is 18.0 Å². The van der Waals surface area contributed by atoms with Crippen LogP contribution in [0.1, 0.15) is 36.5 Å². The second-order valence-corrected chi connectivity index (χ2v) is 9.28. The van der Waals surface area contributed by atoms with Crippen LogP contribution >= 0.6 is 0 Å². The Morgan fingerprint density at radius 2 is 1.94 bits per heavy atom. The number of urea groups is 1. The molecule has 0 fully saturated rings. The summed E-state index contributed by atoms with van der Waals surface area (Å²) in [6.07, 6.45) is -0.502. The van der Waals surface area contributed by atoms with Gasteiger partial charge in [0, 0.05) is 32.5 Å². The number of aryl methyl sites for hydroxylation is 1. The largest absolute Gasteiger partial charge is 0.573 e. The van der Waals surface area contributed by atoms with E-state index in [-0.39, 0.29) is 25.1 Å². The van der Waals surface area contributed by atoms with Crippen molar-refractivity contribution in [3.8, 4) is 5.75 Å². The number of rotatable bonds is 5. The summed E-state index contributed by atoms with van der Waals surface area (Å²) in [5, 5.41) is 8.55. The fraction of sp³-hybridized carbons (Fsp3) is 0.417. The van der Waals surface area contributed by atoms with Crippen LogP contribution in [0, 0.1) is 5.41 Å². The number of hydrogen-bond acceptors (Lipinski definition) is 5. The van der Waals surface area contributed by atoms with E-state index in [0.717, 1.165) is 30.8 Å². The maximum Gasteiger partial charge on any atom is 0.573 e. The van der Waals surface area contributed by atoms with E-state index in [9.17, 15) is 22.8 Å². The Morgan fingerprint density at radius 1 is 1.14 bits per heavy atom. The van der Waals surface area contributed by atoms with Gasteiger partial charge in [-0.3, -0.25) is 4.79 Å². The number of nitrogens with two attached hydrogens (primary N) is 2. The summed E-state index contributed by atoms with van der Waals surface area (Å²) in [6.45, 7) is 1.14. The van der Waals surface area contributed by atoms with E-state index in [4.69, 9.17) is 11.5 Å². The first-order valence-corrected chi connectivity index (χ1v) is 11.6. The molecule has 0 saturated heterocycles. The van der Waals surface area contributed by atoms with Gasteiger partial charge in [-0.1, -0.05) is 18.2 Å². The van der Waals surface area contributed by atoms with E-state index >= 15 is 0 Å². The number of ether oxygens (including phenoxy) is 1. The number of alkyl halides is 3. The van der Waals surface area contributed by atoms with E-state index in [1.54, 1.807) is 6.07 Å². The minimum absolute atomic E-state index is 0.0880. The topological polar surface area (TPSA) is 129 Å². The zero-order valence-electron chi connectivity index (χ0n) is 19.3. The van der Waals surface area contributed by atoms with Gasteiger partial charge in [0.2, 0.25) is 5.91 Å². The number of carbonyl (C=O) groups excluding carboxylic acids is 2. The number of halogens is 3. The molecular weight excluding hydrogens is 477 g/mol. The van der Waals surface area contributed by atoms with Crippen molar-refractivity contribution >= 4 is 17.5 Å². The molecule has 1 aromatic heterocycles. The molecule has 12 heteroatoms. The van der Waals surface area contributed by atoms with Gasteiger partial charge >= 0.3 is 12.4 Å². The van der Waals surface area contributed by atoms with Gasteiger partial charge in [0.1, 0.15) is 17.4 Å². The number of carbonyl (C=O) groups is 2. The first-order chi connectivity index (χ1) is 17.1. The molecule has 1 aromatic carbocycles. The average molecular weight is 502 g/mol. The van der Waals surface area contributed by atoms with Crippen LogP contribution in [-0.4, -0.2) is 51.1 Å². The minimum Gasteiger partial charge on any atom is -0.406 e. The molecular formula is C24H25F3N6O3. The molecule has 1 aliphatic carbocycles. The van der Waals surface area contributed by atoms with Gasteiger partial charge in [0.15, 0.2) is 0 Å². The molecule has 4 N–H and O–H groups in total. The molecule has 5 rings (SSSR count). The summed E-state index contributed by atoms with van der Waals surface area (Å²) in [7, 11) is 0. The molecule has 2 aromatic rings. The average Bonchev–Trinajstić information content (AvgIpc) is 3.43. The molecule has 3 heterocycles. The van der Waals surface area contributed by atoms with E-state index in [2.05, 4.69) is 14.9 Å². The number of allylic oxidation sites excluding steroid dienone is 2. The molecule has 2 aliphatic heterocycles. The molecule has 0 bridgehead atoms. The summed E-state index contributed by atoms with van der Waals surface area (Å²) in [6, 6.07) is 5.08. The van der Waals surface area contributed by atoms with E-state index in [0.29, 0.717) is 35.5 Å². The molecule has 1 atom stereocenters. The fourth-order valence-electron chi connectivity index (χ4n) is 5.49. The predicted octanol–water partition coefficient (Wildman–Crippen LogP) is 2.71. The quantitative estimate of drug-likeness (QED) is 0.650. The van der Waals surface area contributed by atoms with Crippen LogP contribution in [0.3, 0.4) is 0 Å². The van der Waals surface area contributed by atoms with Gasteiger partial charge in [0.05, 0.1) is 5.41 Å². The Morgan fingerprint density at radius 3 is 2.67 bits per heavy atom. The van der Waals surface area contributed by atoms with Gasteiger partial charge in [-0.05, 0) is 53.7 Å². The highest BCUT2D eigenvalue weighted by Crippen LogP contribution is 2.48. The second kappa shape index (κ2) is 8.68. The van der Waals surface area contributed by atoms with Gasteiger partial charge in [0.25, 0.3) is 0 Å². The summed E-state index contributed by atoms with van der Waals surface area (Å²) < 4.78 is 44.5. The molecule has 3 amide bonds. The molecule has 190 valence electrons. The lowest BCUT2D eigenvalue weighted by atomic mass is 9.65. The van der Waals surface area contributed by atoms with Gasteiger partial charge in [-0.15, -0.1) is 23.4 Å². The minimum atomic E-state index is -4.82. The number of benzene rings is 1. The second-order valence-electron chi connectivity index (χ2n) is 9.28. The third kappa shape index (κ3) is 4.20. The zero-order valence-corrected chi connectivity index (χ0v) is 19.3. The van der Waals surface area contributed by atoms with Crippen molar-refractivity contribution < 1.29 is 27.5 Å². The number of amides is 3. The fourth-order valence-corrected chi connectivity index (χ4v) is 5.49. The SMILES string of the molecule is NC(=O)N1CCC2=C(C1)C(Cc1nnc3n1CCC3)(C(N)=O)CC=C2c1cccc(OC(F)(F)F)c1. The monoisotopic (exact) mass is 502 g/mol. The van der Waals surface area contributed by atoms with Crippen LogP contribution in [0.25, 0.3) is 5.57 Å². The first-order valence-electron chi connectivity index (χ1n) is 11.6. The standard InChI is InChI=1S/C24H25F3N6O3/c25-24(26,27)36-15-4-1-3-14(11-15)16-6-8-23(21(28)34,12-20-31-30-19-5-2-9-33(19)20)18-13-32(22(29)35)10-7-17(16)18/h1,3-4,6,11H,2,5,7-10,12-13H2,(H2,28,34)(H2,29,35). The number of aromatic nitrogens is 3. The van der Waals surface area contributed by atoms with Crippen molar-refractivity contribution in [1.82, 2.24) is 19.7 Å². The van der Waals surface area contributed by atoms with Crippen molar-refractivity contribution in [3.63, 3.8) is 0 Å². The molecule has 0 saturated carbocycles. The van der Waals surface area contributed by atoms with Crippen molar-refractivity contribution in [2.45, 2.75) is 45.0 Å². The van der Waals surface area contributed by atoms with Crippen molar-refractivity contribution in [2.24, 2.45) is 16.9 Å². The Hall–Kier alpha value is -3.83. The number of hydrogen-bond donors (Lipinski definition) is 2. The van der Waals surface area contributed by atoms with E-state index < -0.39 is 23.7 Å². The maximum absolute atomic E-state index is 13.1. The first kappa shape index (κ1) is 23.9. The molecule has 3 aliphatic rings. The summed E-state index contributed by atoms with van der Waals surface area (Å²) in [4.78, 5) is 26.6. The van der Waals surface area contributed by atoms with Crippen molar-refractivity contribution in [2.75, 3.05) is 13.1 Å². The Labute approximate surface area is 204 Å². The normalized spacial score (nSPS) is 21.6. The third-order valence-electron chi connectivity index (χ3n) is 7.21. The number of fused-ring (bicyclic) bond motifs is 1. The summed E-state index contributed by atoms with van der Waals surface area (Å²) >= 11 is 0. The van der Waals surface area contributed by atoms with Crippen molar-refractivity contribution in [3.05, 3.63) is 58.7 Å². The number of primary amides is 2. The lowest BCUT2D eigenvalue weighted by Gasteiger charge is -2.43. The lowest BCUT2D eigenvalue weighted by molar-refractivity contribution is -0.274. The third-order valence-corrected chi connectivity index (χ3v) is 7.21. The smallest absolute Gasteiger partial charge is 0.406 e. The van der Waals surface area contributed by atoms with Crippen LogP contribution in [0.5, 0.6) is 5.75 Å². The summed E-state index contributed by atoms with van der Waals surface area (Å²) in [5.74, 6) is 0.584. The predicted molar refractivity (Wildman–Crippen MR) is 122 cm³/mol. The van der Waals surface area contributed by atoms with Crippen LogP contribution < -0.4 is 16.2 Å². The number of nitrogens with zero attached hydrogens (tertiary/aromatic N) is 4. The van der Waals surface area contributed by atoms with Gasteiger partial charge < -0.3 is 25.7 Å². The van der Waals surface area contributed by atoms with E-state index in [1.165, 1.54) is 23.1 Å². The Kier molecular flexibility index (Phi) is 5.76. The Balaban J connectivity index is 1.59. The van der Waals surface area contributed by atoms with E-state index in [1.807, 2.05) is 10.6 Å². The highest BCUT2D eigenvalue weighted by atomic mass is 19.4. The molecule has 9 nitrogen and oxygen atoms in total. The van der Waals surface area contributed by atoms with Gasteiger partial charge in [-0.2, -0.15) is 0 Å². The highest BCUT2D eigenvalue weighted by molar-refractivity contribution is 5.92. The van der Waals surface area contributed by atoms with Crippen LogP contribution in [0.2, 0.25) is 0 Å². The lowest BCUT2D eigenvalue weighted by Crippen LogP contribution is -2.50. The molecule has 36 heavy (non-hydrogen) atoms. The summed E-state index contributed by atoms with van der Waals surface area (Å²) in [5.41, 5.74) is 13.0. The molecule has 0 spiro atoms. The maximum atomic E-state index is 13.1. The molecule has 0 radical (unpaired) electrons. The van der Waals surface area contributed by atoms with Crippen LogP contribution in [0.15, 0.2) is 41.5 Å². The molecule has 1 unspecified atom stereocenters. The highest BCUT2D eigenvalue weighted by Gasteiger charge is 2.47. The van der Waals surface area contributed by atoms with Crippen molar-refractivity contribution in [1.29, 1.82) is 0 Å². The Bertz CT molecular complexity index is 1300. The zero-order chi connectivity index (χ0) is 25.7.